The summed E-state index contributed by atoms with van der Waals surface area (Å²) < 4.78 is 6.44. The predicted molar refractivity (Wildman–Crippen MR) is 92.8 cm³/mol. The van der Waals surface area contributed by atoms with Gasteiger partial charge in [-0.2, -0.15) is 0 Å². The van der Waals surface area contributed by atoms with Crippen molar-refractivity contribution in [1.82, 2.24) is 15.4 Å². The first-order valence-corrected chi connectivity index (χ1v) is 9.02. The summed E-state index contributed by atoms with van der Waals surface area (Å²) in [5.41, 5.74) is 3.93. The van der Waals surface area contributed by atoms with Crippen molar-refractivity contribution in [1.29, 1.82) is 0 Å². The van der Waals surface area contributed by atoms with E-state index in [9.17, 15) is 4.79 Å². The molecule has 0 bridgehead atoms. The Hall–Kier alpha value is -1.80. The van der Waals surface area contributed by atoms with Crippen LogP contribution in [0.1, 0.15) is 9.67 Å². The third-order valence-electron chi connectivity index (χ3n) is 3.61. The second-order valence-electron chi connectivity index (χ2n) is 5.19. The molecule has 1 aliphatic heterocycles. The van der Waals surface area contributed by atoms with E-state index in [1.165, 1.54) is 11.3 Å². The number of amides is 1. The van der Waals surface area contributed by atoms with Crippen molar-refractivity contribution in [2.45, 2.75) is 0 Å². The minimum Gasteiger partial charge on any atom is -0.379 e. The Morgan fingerprint density at radius 3 is 2.78 bits per heavy atom. The third kappa shape index (κ3) is 3.13. The summed E-state index contributed by atoms with van der Waals surface area (Å²) in [6, 6.07) is 11.9. The maximum atomic E-state index is 12.3. The molecule has 23 heavy (non-hydrogen) atoms. The van der Waals surface area contributed by atoms with Gasteiger partial charge in [-0.15, -0.1) is 22.7 Å². The van der Waals surface area contributed by atoms with E-state index in [0.29, 0.717) is 18.1 Å². The number of hydrazine groups is 1. The Kier molecular flexibility index (Phi) is 4.09. The van der Waals surface area contributed by atoms with Crippen LogP contribution >= 0.6 is 22.7 Å². The summed E-state index contributed by atoms with van der Waals surface area (Å²) in [6.45, 7) is 2.76. The number of hydrogen-bond donors (Lipinski definition) is 1. The number of fused-ring (bicyclic) bond motifs is 1. The molecule has 1 saturated heterocycles. The Balaban J connectivity index is 1.52. The molecule has 0 saturated carbocycles. The fourth-order valence-electron chi connectivity index (χ4n) is 2.43. The minimum absolute atomic E-state index is 0.0655. The zero-order chi connectivity index (χ0) is 15.6. The van der Waals surface area contributed by atoms with Gasteiger partial charge in [0.15, 0.2) is 0 Å². The topological polar surface area (TPSA) is 54.5 Å². The molecule has 1 fully saturated rings. The van der Waals surface area contributed by atoms with Gasteiger partial charge in [-0.05, 0) is 24.3 Å². The van der Waals surface area contributed by atoms with Crippen molar-refractivity contribution in [2.75, 3.05) is 26.3 Å². The largest absolute Gasteiger partial charge is 0.379 e. The number of benzene rings is 1. The summed E-state index contributed by atoms with van der Waals surface area (Å²) in [5, 5.41) is 2.87. The molecule has 0 radical (unpaired) electrons. The molecule has 5 nitrogen and oxygen atoms in total. The quantitative estimate of drug-likeness (QED) is 0.793. The van der Waals surface area contributed by atoms with Crippen LogP contribution < -0.4 is 5.43 Å². The molecule has 2 aromatic heterocycles. The first kappa shape index (κ1) is 14.8. The van der Waals surface area contributed by atoms with Gasteiger partial charge in [-0.3, -0.25) is 10.2 Å². The molecule has 0 unspecified atom stereocenters. The van der Waals surface area contributed by atoms with Crippen LogP contribution in [0.4, 0.5) is 0 Å². The molecule has 3 aromatic rings. The Morgan fingerprint density at radius 1 is 1.13 bits per heavy atom. The summed E-state index contributed by atoms with van der Waals surface area (Å²) in [6.07, 6.45) is 0. The van der Waals surface area contributed by atoms with E-state index >= 15 is 0 Å². The molecule has 3 heterocycles. The lowest BCUT2D eigenvalue weighted by Gasteiger charge is -2.26. The van der Waals surface area contributed by atoms with Crippen LogP contribution in [0.5, 0.6) is 0 Å². The smallest absolute Gasteiger partial charge is 0.275 e. The lowest BCUT2D eigenvalue weighted by Crippen LogP contribution is -2.48. The number of ether oxygens (including phenoxy) is 1. The number of rotatable bonds is 3. The fraction of sp³-hybridized carbons (Fsp3) is 0.250. The van der Waals surface area contributed by atoms with Crippen LogP contribution in [0, 0.1) is 0 Å². The molecular formula is C16H15N3O2S2. The minimum atomic E-state index is -0.0655. The fourth-order valence-corrected chi connectivity index (χ4v) is 4.34. The van der Waals surface area contributed by atoms with Crippen LogP contribution in [0.15, 0.2) is 36.4 Å². The normalized spacial score (nSPS) is 15.8. The Bertz CT molecular complexity index is 804. The molecule has 7 heteroatoms. The molecule has 0 aliphatic carbocycles. The zero-order valence-corrected chi connectivity index (χ0v) is 14.0. The van der Waals surface area contributed by atoms with E-state index in [1.54, 1.807) is 11.3 Å². The molecule has 0 atom stereocenters. The Labute approximate surface area is 141 Å². The molecule has 1 N–H and O–H groups in total. The number of hydrogen-bond acceptors (Lipinski definition) is 6. The predicted octanol–water partition coefficient (Wildman–Crippen LogP) is 3.00. The zero-order valence-electron chi connectivity index (χ0n) is 12.3. The second-order valence-corrected chi connectivity index (χ2v) is 7.31. The number of nitrogens with one attached hydrogen (secondary N) is 1. The molecule has 0 spiro atoms. The van der Waals surface area contributed by atoms with Gasteiger partial charge in [0.05, 0.1) is 33.2 Å². The van der Waals surface area contributed by atoms with Gasteiger partial charge in [-0.25, -0.2) is 9.99 Å². The van der Waals surface area contributed by atoms with Crippen molar-refractivity contribution in [3.05, 3.63) is 41.3 Å². The highest BCUT2D eigenvalue weighted by molar-refractivity contribution is 7.26. The second kappa shape index (κ2) is 6.37. The van der Waals surface area contributed by atoms with Crippen molar-refractivity contribution < 1.29 is 9.53 Å². The van der Waals surface area contributed by atoms with Gasteiger partial charge >= 0.3 is 0 Å². The highest BCUT2D eigenvalue weighted by Gasteiger charge is 2.17. The average Bonchev–Trinajstić information content (AvgIpc) is 3.22. The van der Waals surface area contributed by atoms with Crippen LogP contribution in [0.2, 0.25) is 0 Å². The Morgan fingerprint density at radius 2 is 1.96 bits per heavy atom. The number of para-hydroxylation sites is 1. The molecule has 4 rings (SSSR count). The van der Waals surface area contributed by atoms with E-state index in [4.69, 9.17) is 4.74 Å². The number of nitrogens with zero attached hydrogens (tertiary/aromatic N) is 2. The van der Waals surface area contributed by atoms with E-state index in [0.717, 1.165) is 33.2 Å². The van der Waals surface area contributed by atoms with Gasteiger partial charge in [0.25, 0.3) is 5.91 Å². The molecule has 1 amide bonds. The number of carbonyl (C=O) groups is 1. The van der Waals surface area contributed by atoms with E-state index in [-0.39, 0.29) is 5.91 Å². The highest BCUT2D eigenvalue weighted by atomic mass is 32.1. The number of morpholine rings is 1. The van der Waals surface area contributed by atoms with Gasteiger partial charge in [0.1, 0.15) is 5.01 Å². The van der Waals surface area contributed by atoms with Gasteiger partial charge < -0.3 is 4.74 Å². The number of thiazole rings is 1. The van der Waals surface area contributed by atoms with Gasteiger partial charge in [0.2, 0.25) is 0 Å². The number of thiophene rings is 1. The first-order valence-electron chi connectivity index (χ1n) is 7.39. The lowest BCUT2D eigenvalue weighted by atomic mass is 10.3. The highest BCUT2D eigenvalue weighted by Crippen LogP contribution is 2.34. The monoisotopic (exact) mass is 345 g/mol. The first-order chi connectivity index (χ1) is 11.3. The standard InChI is InChI=1S/C16H15N3O2S2/c20-15(18-19-7-9-21-10-8-19)13-5-6-14(22-13)16-17-11-3-1-2-4-12(11)23-16/h1-6H,7-10H2,(H,18,20). The molecule has 118 valence electrons. The summed E-state index contributed by atoms with van der Waals surface area (Å²) in [4.78, 5) is 18.7. The van der Waals surface area contributed by atoms with Crippen molar-refractivity contribution in [3.8, 4) is 9.88 Å². The van der Waals surface area contributed by atoms with E-state index < -0.39 is 0 Å². The molecule has 1 aliphatic rings. The summed E-state index contributed by atoms with van der Waals surface area (Å²) in [5.74, 6) is -0.0655. The lowest BCUT2D eigenvalue weighted by molar-refractivity contribution is 0.0127. The molecule has 1 aromatic carbocycles. The van der Waals surface area contributed by atoms with Crippen LogP contribution in [0.3, 0.4) is 0 Å². The molecular weight excluding hydrogens is 330 g/mol. The van der Waals surface area contributed by atoms with Crippen LogP contribution in [-0.2, 0) is 4.74 Å². The van der Waals surface area contributed by atoms with Crippen molar-refractivity contribution in [2.24, 2.45) is 0 Å². The van der Waals surface area contributed by atoms with Gasteiger partial charge in [-0.1, -0.05) is 12.1 Å². The van der Waals surface area contributed by atoms with Crippen LogP contribution in [-0.4, -0.2) is 42.2 Å². The van der Waals surface area contributed by atoms with E-state index in [2.05, 4.69) is 16.5 Å². The van der Waals surface area contributed by atoms with Crippen molar-refractivity contribution in [3.63, 3.8) is 0 Å². The summed E-state index contributed by atoms with van der Waals surface area (Å²) >= 11 is 3.13. The van der Waals surface area contributed by atoms with Crippen LogP contribution in [0.25, 0.3) is 20.1 Å². The summed E-state index contributed by atoms with van der Waals surface area (Å²) in [7, 11) is 0. The maximum Gasteiger partial charge on any atom is 0.275 e. The van der Waals surface area contributed by atoms with E-state index in [1.807, 2.05) is 35.3 Å². The number of aromatic nitrogens is 1. The van der Waals surface area contributed by atoms with Crippen molar-refractivity contribution >= 4 is 38.8 Å². The average molecular weight is 345 g/mol. The SMILES string of the molecule is O=C(NN1CCOCC1)c1ccc(-c2nc3ccccc3s2)s1. The number of carbonyl (C=O) groups excluding carboxylic acids is 1. The maximum absolute atomic E-state index is 12.3. The van der Waals surface area contributed by atoms with Gasteiger partial charge in [0, 0.05) is 13.1 Å². The third-order valence-corrected chi connectivity index (χ3v) is 5.89.